The minimum Gasteiger partial charge on any atom is -0.480 e. The zero-order valence-electron chi connectivity index (χ0n) is 12.6. The number of hydrogen-bond acceptors (Lipinski definition) is 4. The highest BCUT2D eigenvalue weighted by atomic mass is 16.4. The van der Waals surface area contributed by atoms with Crippen LogP contribution in [-0.4, -0.2) is 51.9 Å². The lowest BCUT2D eigenvalue weighted by molar-refractivity contribution is -0.142. The molecule has 1 spiro atoms. The Morgan fingerprint density at radius 3 is 2.55 bits per heavy atom. The first kappa shape index (κ1) is 16.3. The number of urea groups is 1. The summed E-state index contributed by atoms with van der Waals surface area (Å²) in [5.74, 6) is -2.15. The third-order valence-corrected chi connectivity index (χ3v) is 4.22. The first-order valence-corrected chi connectivity index (χ1v) is 7.56. The van der Waals surface area contributed by atoms with Crippen LogP contribution in [0.4, 0.5) is 4.79 Å². The largest absolute Gasteiger partial charge is 0.480 e. The van der Waals surface area contributed by atoms with Gasteiger partial charge in [-0.15, -0.1) is 0 Å². The van der Waals surface area contributed by atoms with Gasteiger partial charge in [-0.25, -0.2) is 9.59 Å². The summed E-state index contributed by atoms with van der Waals surface area (Å²) in [4.78, 5) is 48.1. The van der Waals surface area contributed by atoms with Crippen molar-refractivity contribution in [3.8, 4) is 0 Å². The average Bonchev–Trinajstić information content (AvgIpc) is 3.00. The van der Waals surface area contributed by atoms with Crippen LogP contribution in [0.1, 0.15) is 45.4 Å². The quantitative estimate of drug-likeness (QED) is 0.607. The second-order valence-electron chi connectivity index (χ2n) is 5.86. The fourth-order valence-electron chi connectivity index (χ4n) is 3.07. The number of carbonyl (C=O) groups is 4. The van der Waals surface area contributed by atoms with Crippen LogP contribution in [0.5, 0.6) is 0 Å². The number of amides is 4. The van der Waals surface area contributed by atoms with Gasteiger partial charge in [0.1, 0.15) is 18.1 Å². The van der Waals surface area contributed by atoms with Crippen molar-refractivity contribution in [3.63, 3.8) is 0 Å². The minimum atomic E-state index is -1.13. The molecule has 4 amide bonds. The van der Waals surface area contributed by atoms with E-state index < -0.39 is 36.0 Å². The van der Waals surface area contributed by atoms with Gasteiger partial charge in [-0.2, -0.15) is 0 Å². The molecule has 122 valence electrons. The minimum absolute atomic E-state index is 0.297. The molecule has 0 aromatic heterocycles. The molecule has 8 heteroatoms. The zero-order chi connectivity index (χ0) is 16.3. The maximum Gasteiger partial charge on any atom is 0.326 e. The summed E-state index contributed by atoms with van der Waals surface area (Å²) in [6.07, 6.45) is 3.80. The molecule has 2 aliphatic rings. The van der Waals surface area contributed by atoms with Crippen LogP contribution in [0.2, 0.25) is 0 Å². The highest BCUT2D eigenvalue weighted by molar-refractivity contribution is 6.09. The Morgan fingerprint density at radius 1 is 1.36 bits per heavy atom. The summed E-state index contributed by atoms with van der Waals surface area (Å²) in [6.45, 7) is 1.36. The molecule has 1 unspecified atom stereocenters. The van der Waals surface area contributed by atoms with Gasteiger partial charge in [0.15, 0.2) is 0 Å². The smallest absolute Gasteiger partial charge is 0.326 e. The zero-order valence-corrected chi connectivity index (χ0v) is 12.6. The van der Waals surface area contributed by atoms with E-state index in [1.807, 2.05) is 6.92 Å². The number of imide groups is 1. The molecule has 1 aliphatic carbocycles. The summed E-state index contributed by atoms with van der Waals surface area (Å²) in [5, 5.41) is 14.0. The summed E-state index contributed by atoms with van der Waals surface area (Å²) in [5.41, 5.74) is -0.854. The fourth-order valence-corrected chi connectivity index (χ4v) is 3.07. The molecule has 2 fully saturated rings. The van der Waals surface area contributed by atoms with Crippen LogP contribution in [-0.2, 0) is 14.4 Å². The van der Waals surface area contributed by atoms with Crippen molar-refractivity contribution < 1.29 is 24.3 Å². The maximum absolute atomic E-state index is 12.4. The van der Waals surface area contributed by atoms with Crippen molar-refractivity contribution in [1.82, 2.24) is 15.5 Å². The van der Waals surface area contributed by atoms with Gasteiger partial charge in [-0.3, -0.25) is 14.5 Å². The third kappa shape index (κ3) is 3.05. The van der Waals surface area contributed by atoms with E-state index in [4.69, 9.17) is 5.11 Å². The summed E-state index contributed by atoms with van der Waals surface area (Å²) >= 11 is 0. The summed E-state index contributed by atoms with van der Waals surface area (Å²) in [7, 11) is 0. The fraction of sp³-hybridized carbons (Fsp3) is 0.714. The lowest BCUT2D eigenvalue weighted by atomic mass is 9.98. The van der Waals surface area contributed by atoms with Crippen molar-refractivity contribution in [2.45, 2.75) is 57.0 Å². The Kier molecular flexibility index (Phi) is 4.68. The van der Waals surface area contributed by atoms with E-state index in [2.05, 4.69) is 10.6 Å². The molecule has 1 heterocycles. The van der Waals surface area contributed by atoms with Gasteiger partial charge >= 0.3 is 12.0 Å². The van der Waals surface area contributed by atoms with Crippen molar-refractivity contribution >= 4 is 23.8 Å². The number of aliphatic carboxylic acids is 1. The van der Waals surface area contributed by atoms with Crippen molar-refractivity contribution in [2.24, 2.45) is 0 Å². The van der Waals surface area contributed by atoms with E-state index in [9.17, 15) is 19.2 Å². The van der Waals surface area contributed by atoms with Crippen molar-refractivity contribution in [2.75, 3.05) is 6.54 Å². The second kappa shape index (κ2) is 6.33. The van der Waals surface area contributed by atoms with Gasteiger partial charge < -0.3 is 15.7 Å². The molecule has 1 saturated heterocycles. The molecule has 1 atom stereocenters. The molecular formula is C14H21N3O5. The Hall–Kier alpha value is -2.12. The molecule has 0 bridgehead atoms. The Morgan fingerprint density at radius 2 is 2.00 bits per heavy atom. The van der Waals surface area contributed by atoms with Crippen LogP contribution >= 0.6 is 0 Å². The van der Waals surface area contributed by atoms with E-state index in [1.54, 1.807) is 0 Å². The molecule has 0 aromatic carbocycles. The second-order valence-corrected chi connectivity index (χ2v) is 5.86. The van der Waals surface area contributed by atoms with Gasteiger partial charge in [0.25, 0.3) is 5.91 Å². The SMILES string of the molecule is CCCC(NC(=O)CN1C(=O)NC2(CCCC2)C1=O)C(=O)O. The Balaban J connectivity index is 1.98. The predicted molar refractivity (Wildman–Crippen MR) is 75.9 cm³/mol. The predicted octanol–water partition coefficient (Wildman–Crippen LogP) is 0.221. The highest BCUT2D eigenvalue weighted by Crippen LogP contribution is 2.34. The third-order valence-electron chi connectivity index (χ3n) is 4.22. The Labute approximate surface area is 128 Å². The van der Waals surface area contributed by atoms with E-state index in [0.29, 0.717) is 25.7 Å². The van der Waals surface area contributed by atoms with E-state index in [0.717, 1.165) is 17.7 Å². The van der Waals surface area contributed by atoms with E-state index in [-0.39, 0.29) is 5.91 Å². The number of nitrogens with one attached hydrogen (secondary N) is 2. The molecule has 1 saturated carbocycles. The van der Waals surface area contributed by atoms with Crippen LogP contribution in [0.15, 0.2) is 0 Å². The first-order chi connectivity index (χ1) is 10.4. The monoisotopic (exact) mass is 311 g/mol. The van der Waals surface area contributed by atoms with Gasteiger partial charge in [-0.05, 0) is 19.3 Å². The number of carboxylic acids is 1. The van der Waals surface area contributed by atoms with Gasteiger partial charge in [-0.1, -0.05) is 26.2 Å². The lowest BCUT2D eigenvalue weighted by Gasteiger charge is -2.20. The van der Waals surface area contributed by atoms with Crippen LogP contribution in [0.3, 0.4) is 0 Å². The topological polar surface area (TPSA) is 116 Å². The first-order valence-electron chi connectivity index (χ1n) is 7.56. The molecule has 2 rings (SSSR count). The molecule has 3 N–H and O–H groups in total. The van der Waals surface area contributed by atoms with Gasteiger partial charge in [0, 0.05) is 0 Å². The number of carboxylic acid groups (broad SMARTS) is 1. The molecule has 8 nitrogen and oxygen atoms in total. The maximum atomic E-state index is 12.4. The standard InChI is InChI=1S/C14H21N3O5/c1-2-5-9(11(19)20)15-10(18)8-17-12(21)14(16-13(17)22)6-3-4-7-14/h9H,2-8H2,1H3,(H,15,18)(H,16,22)(H,19,20). The molecular weight excluding hydrogens is 290 g/mol. The lowest BCUT2D eigenvalue weighted by Crippen LogP contribution is -2.48. The highest BCUT2D eigenvalue weighted by Gasteiger charge is 2.52. The molecule has 22 heavy (non-hydrogen) atoms. The van der Waals surface area contributed by atoms with E-state index >= 15 is 0 Å². The normalized spacial score (nSPS) is 21.0. The van der Waals surface area contributed by atoms with Crippen LogP contribution in [0.25, 0.3) is 0 Å². The number of hydrogen-bond donors (Lipinski definition) is 3. The van der Waals surface area contributed by atoms with Crippen LogP contribution in [0, 0.1) is 0 Å². The number of rotatable bonds is 6. The van der Waals surface area contributed by atoms with Crippen molar-refractivity contribution in [3.05, 3.63) is 0 Å². The summed E-state index contributed by atoms with van der Waals surface area (Å²) < 4.78 is 0. The van der Waals surface area contributed by atoms with Gasteiger partial charge in [0.2, 0.25) is 5.91 Å². The van der Waals surface area contributed by atoms with Gasteiger partial charge in [0.05, 0.1) is 0 Å². The Bertz CT molecular complexity index is 499. The van der Waals surface area contributed by atoms with Crippen molar-refractivity contribution in [1.29, 1.82) is 0 Å². The van der Waals surface area contributed by atoms with Crippen LogP contribution < -0.4 is 10.6 Å². The molecule has 1 aliphatic heterocycles. The molecule has 0 radical (unpaired) electrons. The summed E-state index contributed by atoms with van der Waals surface area (Å²) in [6, 6.07) is -1.58. The number of nitrogens with zero attached hydrogens (tertiary/aromatic N) is 1. The van der Waals surface area contributed by atoms with E-state index in [1.165, 1.54) is 0 Å². The average molecular weight is 311 g/mol. The molecule has 0 aromatic rings. The number of carbonyl (C=O) groups excluding carboxylic acids is 3.